The number of carboxylic acids is 2. The lowest BCUT2D eigenvalue weighted by molar-refractivity contribution is -0.134. The first-order chi connectivity index (χ1) is 35.6. The molecule has 0 aromatic heterocycles. The van der Waals surface area contributed by atoms with E-state index in [1.54, 1.807) is 13.8 Å². The van der Waals surface area contributed by atoms with Gasteiger partial charge in [0.15, 0.2) is 0 Å². The fourth-order valence-electron chi connectivity index (χ4n) is 9.96. The Balaban J connectivity index is 0.000000287. The van der Waals surface area contributed by atoms with Crippen molar-refractivity contribution >= 4 is 46.9 Å². The smallest absolute Gasteiger partial charge is 0.328 e. The second-order valence-electron chi connectivity index (χ2n) is 21.9. The Morgan fingerprint density at radius 1 is 0.605 bits per heavy atom. The van der Waals surface area contributed by atoms with Gasteiger partial charge in [0.05, 0.1) is 25.3 Å². The van der Waals surface area contributed by atoms with Crippen LogP contribution in [0.3, 0.4) is 0 Å². The minimum absolute atomic E-state index is 0.0748. The molecule has 2 heterocycles. The highest BCUT2D eigenvalue weighted by atomic mass is 19.1. The highest BCUT2D eigenvalue weighted by Crippen LogP contribution is 2.33. The molecule has 18 nitrogen and oxygen atoms in total. The average Bonchev–Trinajstić information content (AvgIpc) is 3.34. The summed E-state index contributed by atoms with van der Waals surface area (Å²) < 4.78 is 57.1. The maximum Gasteiger partial charge on any atom is 0.328 e. The molecule has 2 saturated heterocycles. The van der Waals surface area contributed by atoms with E-state index in [9.17, 15) is 56.5 Å². The van der Waals surface area contributed by atoms with Gasteiger partial charge in [-0.15, -0.1) is 0 Å². The maximum atomic E-state index is 14.3. The number of amides is 4. The van der Waals surface area contributed by atoms with Crippen LogP contribution in [-0.4, -0.2) is 153 Å². The van der Waals surface area contributed by atoms with E-state index in [0.29, 0.717) is 12.2 Å². The largest absolute Gasteiger partial charge is 0.478 e. The van der Waals surface area contributed by atoms with E-state index < -0.39 is 94.2 Å². The number of carboxylic acid groups (broad SMARTS) is 2. The van der Waals surface area contributed by atoms with Gasteiger partial charge in [-0.25, -0.2) is 27.2 Å². The Bertz CT molecular complexity index is 2130. The number of aliphatic hydroxyl groups excluding tert-OH is 2. The summed E-state index contributed by atoms with van der Waals surface area (Å²) in [6, 6.07) is 6.07. The van der Waals surface area contributed by atoms with Gasteiger partial charge in [0.2, 0.25) is 23.6 Å². The number of benzene rings is 2. The van der Waals surface area contributed by atoms with Crippen LogP contribution >= 0.6 is 0 Å². The van der Waals surface area contributed by atoms with Crippen LogP contribution in [0.2, 0.25) is 0 Å². The number of nitrogens with two attached hydrogens (primary N) is 2. The first kappa shape index (κ1) is 63.0. The van der Waals surface area contributed by atoms with Crippen LogP contribution in [0.25, 0.3) is 0 Å². The molecule has 424 valence electrons. The number of hydrogen-bond donors (Lipinski definition) is 8. The van der Waals surface area contributed by atoms with Gasteiger partial charge < -0.3 is 52.3 Å². The molecule has 10 N–H and O–H groups in total. The highest BCUT2D eigenvalue weighted by Gasteiger charge is 2.43. The topological polar surface area (TPSA) is 272 Å². The van der Waals surface area contributed by atoms with Gasteiger partial charge in [0, 0.05) is 85.4 Å². The van der Waals surface area contributed by atoms with E-state index in [0.717, 1.165) is 85.4 Å². The SMILES string of the molecule is C[C@H](C[C@H](O)[C@@H](N)CN1CC(=O)N(c2c(F)cccc2F)CC1(C)C)C(=O)NC1CCCCC1.C[C@H](C[C@H](O)[C@@H](N)CN1CC(=O)N(c2c(F)cccc2F)CC1(C)C)C(=O)NC1CCCCC1.O=C(O)/C=C/C(=O)O. The fourth-order valence-corrected chi connectivity index (χ4v) is 9.96. The van der Waals surface area contributed by atoms with E-state index in [2.05, 4.69) is 10.6 Å². The molecule has 6 atom stereocenters. The van der Waals surface area contributed by atoms with Crippen LogP contribution in [0, 0.1) is 35.1 Å². The Labute approximate surface area is 443 Å². The summed E-state index contributed by atoms with van der Waals surface area (Å²) in [5, 5.41) is 43.2. The molecule has 2 aromatic rings. The number of aliphatic carboxylic acids is 2. The Morgan fingerprint density at radius 2 is 0.908 bits per heavy atom. The van der Waals surface area contributed by atoms with Crippen molar-refractivity contribution in [2.24, 2.45) is 23.3 Å². The second kappa shape index (κ2) is 28.7. The number of piperazine rings is 2. The summed E-state index contributed by atoms with van der Waals surface area (Å²) in [5.74, 6) is -7.47. The van der Waals surface area contributed by atoms with Crippen molar-refractivity contribution in [1.82, 2.24) is 20.4 Å². The summed E-state index contributed by atoms with van der Waals surface area (Å²) in [4.78, 5) is 75.7. The van der Waals surface area contributed by atoms with Crippen LogP contribution in [0.1, 0.15) is 119 Å². The third-order valence-electron chi connectivity index (χ3n) is 14.7. The molecule has 22 heteroatoms. The standard InChI is InChI=1S/2C25H38F2N4O3.C4H4O4/c2*1-16(24(34)29-17-8-5-4-6-9-17)12-21(32)20(28)13-30-14-22(33)31(15-25(30,2)3)23-18(26)10-7-11-19(23)27;5-3(6)1-2-4(7)8/h2*7,10-11,16-17,20-21,32H,4-6,8-9,12-15,28H2,1-3H3,(H,29,34);1-2H,(H,5,6)(H,7,8)/b;;2-1+/t2*16-,20+,21+;/m11./s1. The zero-order valence-corrected chi connectivity index (χ0v) is 44.7. The quantitative estimate of drug-likeness (QED) is 0.0735. The van der Waals surface area contributed by atoms with Gasteiger partial charge in [-0.1, -0.05) is 64.5 Å². The number of carbonyl (C=O) groups excluding carboxylic acids is 4. The van der Waals surface area contributed by atoms with Crippen molar-refractivity contribution in [3.8, 4) is 0 Å². The number of para-hydroxylation sites is 2. The van der Waals surface area contributed by atoms with Gasteiger partial charge in [0.1, 0.15) is 34.6 Å². The third-order valence-corrected chi connectivity index (χ3v) is 14.7. The second-order valence-corrected chi connectivity index (χ2v) is 21.9. The molecule has 0 spiro atoms. The maximum absolute atomic E-state index is 14.3. The number of nitrogens with one attached hydrogen (secondary N) is 2. The van der Waals surface area contributed by atoms with Gasteiger partial charge in [-0.2, -0.15) is 0 Å². The Kier molecular flexibility index (Phi) is 23.8. The van der Waals surface area contributed by atoms with Gasteiger partial charge in [0.25, 0.3) is 0 Å². The van der Waals surface area contributed by atoms with Gasteiger partial charge in [-0.05, 0) is 90.5 Å². The van der Waals surface area contributed by atoms with Crippen molar-refractivity contribution in [3.63, 3.8) is 0 Å². The number of aliphatic hydroxyl groups is 2. The summed E-state index contributed by atoms with van der Waals surface area (Å²) in [7, 11) is 0. The normalized spacial score (nSPS) is 21.0. The molecule has 0 radical (unpaired) electrons. The predicted octanol–water partition coefficient (Wildman–Crippen LogP) is 4.82. The third kappa shape index (κ3) is 18.6. The van der Waals surface area contributed by atoms with Crippen molar-refractivity contribution in [2.45, 2.75) is 166 Å². The highest BCUT2D eigenvalue weighted by molar-refractivity contribution is 5.97. The fraction of sp³-hybridized carbons (Fsp3) is 0.630. The minimum atomic E-state index is -1.26. The van der Waals surface area contributed by atoms with Gasteiger partial charge >= 0.3 is 11.9 Å². The molecule has 76 heavy (non-hydrogen) atoms. The molecular weight excluding hydrogens is 997 g/mol. The molecule has 4 fully saturated rings. The van der Waals surface area contributed by atoms with Gasteiger partial charge in [-0.3, -0.25) is 29.0 Å². The molecule has 2 aliphatic heterocycles. The minimum Gasteiger partial charge on any atom is -0.478 e. The molecular formula is C54H80F4N8O10. The first-order valence-electron chi connectivity index (χ1n) is 26.2. The lowest BCUT2D eigenvalue weighted by atomic mass is 9.92. The summed E-state index contributed by atoms with van der Waals surface area (Å²) in [6.07, 6.45) is 10.6. The number of nitrogens with zero attached hydrogens (tertiary/aromatic N) is 4. The summed E-state index contributed by atoms with van der Waals surface area (Å²) >= 11 is 0. The van der Waals surface area contributed by atoms with Crippen molar-refractivity contribution < 1.29 is 66.8 Å². The summed E-state index contributed by atoms with van der Waals surface area (Å²) in [6.45, 7) is 11.4. The Hall–Kier alpha value is -5.52. The lowest BCUT2D eigenvalue weighted by Crippen LogP contribution is -2.64. The average molecular weight is 1080 g/mol. The monoisotopic (exact) mass is 1080 g/mol. The van der Waals surface area contributed by atoms with Crippen molar-refractivity contribution in [1.29, 1.82) is 0 Å². The lowest BCUT2D eigenvalue weighted by Gasteiger charge is -2.47. The molecule has 0 bridgehead atoms. The molecule has 4 aliphatic rings. The van der Waals surface area contributed by atoms with Crippen LogP contribution in [0.15, 0.2) is 48.6 Å². The molecule has 2 aliphatic carbocycles. The van der Waals surface area contributed by atoms with Crippen LogP contribution < -0.4 is 31.9 Å². The van der Waals surface area contributed by atoms with E-state index in [1.165, 1.54) is 25.0 Å². The molecule has 4 amide bonds. The predicted molar refractivity (Wildman–Crippen MR) is 279 cm³/mol. The van der Waals surface area contributed by atoms with E-state index >= 15 is 0 Å². The molecule has 2 saturated carbocycles. The van der Waals surface area contributed by atoms with Crippen LogP contribution in [0.4, 0.5) is 28.9 Å². The van der Waals surface area contributed by atoms with Crippen LogP contribution in [0.5, 0.6) is 0 Å². The molecule has 0 unspecified atom stereocenters. The van der Waals surface area contributed by atoms with E-state index in [-0.39, 0.29) is 87.4 Å². The number of anilines is 2. The number of carbonyl (C=O) groups is 6. The van der Waals surface area contributed by atoms with E-state index in [1.807, 2.05) is 37.5 Å². The number of halogens is 4. The zero-order chi connectivity index (χ0) is 56.7. The van der Waals surface area contributed by atoms with Crippen molar-refractivity contribution in [3.05, 3.63) is 71.8 Å². The summed E-state index contributed by atoms with van der Waals surface area (Å²) in [5.41, 5.74) is 10.6. The van der Waals surface area contributed by atoms with E-state index in [4.69, 9.17) is 21.7 Å². The number of rotatable bonds is 18. The zero-order valence-electron chi connectivity index (χ0n) is 44.7. The molecule has 2 aromatic carbocycles. The van der Waals surface area contributed by atoms with Crippen molar-refractivity contribution in [2.75, 3.05) is 49.1 Å². The Morgan fingerprint density at radius 3 is 1.20 bits per heavy atom. The van der Waals surface area contributed by atoms with Crippen LogP contribution in [-0.2, 0) is 28.8 Å². The molecule has 6 rings (SSSR count). The first-order valence-corrected chi connectivity index (χ1v) is 26.2. The number of hydrogen-bond acceptors (Lipinski definition) is 12.